The number of hydrogen-bond donors (Lipinski definition) is 1. The van der Waals surface area contributed by atoms with Crippen molar-refractivity contribution >= 4 is 29.2 Å². The highest BCUT2D eigenvalue weighted by atomic mass is 35.5. The maximum atomic E-state index is 13.9. The Labute approximate surface area is 196 Å². The second-order valence-corrected chi connectivity index (χ2v) is 9.96. The number of halogens is 1. The van der Waals surface area contributed by atoms with Crippen LogP contribution in [0.15, 0.2) is 18.5 Å². The van der Waals surface area contributed by atoms with Crippen LogP contribution < -0.4 is 14.8 Å². The molecule has 2 aromatic rings. The molecule has 4 aliphatic rings. The molecule has 10 heteroatoms. The predicted octanol–water partition coefficient (Wildman–Crippen LogP) is 3.67. The van der Waals surface area contributed by atoms with Crippen molar-refractivity contribution in [2.45, 2.75) is 44.1 Å². The number of hydrogen-bond acceptors (Lipinski definition) is 7. The van der Waals surface area contributed by atoms with E-state index >= 15 is 0 Å². The smallest absolute Gasteiger partial charge is 0.340 e. The normalized spacial score (nSPS) is 29.6. The first-order valence-electron chi connectivity index (χ1n) is 11.0. The number of amides is 1. The minimum absolute atomic E-state index is 0.0930. The topological polar surface area (TPSA) is 105 Å². The van der Waals surface area contributed by atoms with Crippen LogP contribution in [0.2, 0.25) is 5.28 Å². The first-order chi connectivity index (χ1) is 15.8. The number of esters is 1. The molecular weight excluding hydrogens is 448 g/mol. The summed E-state index contributed by atoms with van der Waals surface area (Å²) in [6.45, 7) is 0. The van der Waals surface area contributed by atoms with Crippen LogP contribution in [0.3, 0.4) is 0 Å². The quantitative estimate of drug-likeness (QED) is 0.637. The van der Waals surface area contributed by atoms with Gasteiger partial charge in [0.2, 0.25) is 11.2 Å². The van der Waals surface area contributed by atoms with E-state index in [0.717, 1.165) is 32.1 Å². The highest BCUT2D eigenvalue weighted by molar-refractivity contribution is 6.28. The minimum Gasteiger partial charge on any atom is -0.493 e. The molecule has 4 bridgehead atoms. The maximum Gasteiger partial charge on any atom is 0.340 e. The van der Waals surface area contributed by atoms with Gasteiger partial charge in [0.25, 0.3) is 0 Å². The Hall–Kier alpha value is -2.81. The molecule has 0 spiro atoms. The molecule has 4 saturated carbocycles. The zero-order valence-electron chi connectivity index (χ0n) is 18.9. The fourth-order valence-corrected chi connectivity index (χ4v) is 6.86. The van der Waals surface area contributed by atoms with Gasteiger partial charge in [0, 0.05) is 12.1 Å². The lowest BCUT2D eigenvalue weighted by atomic mass is 9.46. The predicted molar refractivity (Wildman–Crippen MR) is 120 cm³/mol. The van der Waals surface area contributed by atoms with E-state index in [1.165, 1.54) is 27.4 Å². The first kappa shape index (κ1) is 22.0. The van der Waals surface area contributed by atoms with Gasteiger partial charge in [-0.05, 0) is 62.0 Å². The van der Waals surface area contributed by atoms with E-state index in [1.54, 1.807) is 12.4 Å². The number of carbonyl (C=O) groups is 2. The lowest BCUT2D eigenvalue weighted by molar-refractivity contribution is -0.150. The summed E-state index contributed by atoms with van der Waals surface area (Å²) in [4.78, 5) is 30.4. The van der Waals surface area contributed by atoms with Crippen molar-refractivity contribution < 1.29 is 23.8 Å². The highest BCUT2D eigenvalue weighted by Crippen LogP contribution is 2.64. The Morgan fingerprint density at radius 2 is 1.76 bits per heavy atom. The van der Waals surface area contributed by atoms with Gasteiger partial charge in [0.05, 0.1) is 43.5 Å². The van der Waals surface area contributed by atoms with Crippen LogP contribution in [0.1, 0.15) is 48.9 Å². The second kappa shape index (κ2) is 7.90. The molecule has 4 aliphatic carbocycles. The van der Waals surface area contributed by atoms with Crippen LogP contribution in [0, 0.1) is 17.3 Å². The number of nitrogens with one attached hydrogen (secondary N) is 1. The average molecular weight is 475 g/mol. The molecule has 0 saturated heterocycles. The molecule has 0 radical (unpaired) electrons. The number of anilines is 1. The molecule has 33 heavy (non-hydrogen) atoms. The molecule has 1 heterocycles. The van der Waals surface area contributed by atoms with Crippen LogP contribution in [0.5, 0.6) is 11.5 Å². The Bertz CT molecular complexity index is 1100. The summed E-state index contributed by atoms with van der Waals surface area (Å²) in [6.07, 6.45) is 7.07. The van der Waals surface area contributed by atoms with Gasteiger partial charge >= 0.3 is 5.97 Å². The van der Waals surface area contributed by atoms with Gasteiger partial charge < -0.3 is 19.5 Å². The molecule has 1 aromatic heterocycles. The highest BCUT2D eigenvalue weighted by Gasteiger charge is 2.61. The monoisotopic (exact) mass is 474 g/mol. The van der Waals surface area contributed by atoms with E-state index in [-0.39, 0.29) is 22.3 Å². The number of aromatic nitrogens is 3. The summed E-state index contributed by atoms with van der Waals surface area (Å²) in [6, 6.07) is 3.13. The molecule has 6 rings (SSSR count). The zero-order valence-corrected chi connectivity index (χ0v) is 19.6. The third-order valence-corrected chi connectivity index (χ3v) is 7.81. The van der Waals surface area contributed by atoms with Crippen molar-refractivity contribution in [3.05, 3.63) is 29.3 Å². The zero-order chi connectivity index (χ0) is 23.4. The average Bonchev–Trinajstić information content (AvgIpc) is 3.24. The standard InChI is InChI=1S/C23H27ClN4O5/c1-31-17-5-15(19(29)33-3)16(6-18(17)32-2)26-20(30)22-7-13-4-14(8-22)10-23(9-13,11-22)28-12-25-21(24)27-28/h5-6,12-14H,4,7-11H2,1-3H3,(H,26,30). The van der Waals surface area contributed by atoms with Crippen molar-refractivity contribution in [1.82, 2.24) is 14.8 Å². The van der Waals surface area contributed by atoms with Crippen molar-refractivity contribution in [3.63, 3.8) is 0 Å². The van der Waals surface area contributed by atoms with Crippen LogP contribution in [0.25, 0.3) is 0 Å². The maximum absolute atomic E-state index is 13.9. The number of ether oxygens (including phenoxy) is 3. The van der Waals surface area contributed by atoms with Crippen LogP contribution >= 0.6 is 11.6 Å². The third kappa shape index (κ3) is 3.53. The van der Waals surface area contributed by atoms with Crippen molar-refractivity contribution in [3.8, 4) is 11.5 Å². The Morgan fingerprint density at radius 1 is 1.09 bits per heavy atom. The largest absolute Gasteiger partial charge is 0.493 e. The van der Waals surface area contributed by atoms with E-state index < -0.39 is 11.4 Å². The van der Waals surface area contributed by atoms with Crippen molar-refractivity contribution in [2.24, 2.45) is 17.3 Å². The van der Waals surface area contributed by atoms with E-state index in [1.807, 2.05) is 4.68 Å². The van der Waals surface area contributed by atoms with E-state index in [2.05, 4.69) is 15.4 Å². The summed E-state index contributed by atoms with van der Waals surface area (Å²) in [5.41, 5.74) is -0.253. The van der Waals surface area contributed by atoms with Gasteiger partial charge in [0.15, 0.2) is 11.5 Å². The molecule has 1 N–H and O–H groups in total. The molecule has 1 aromatic carbocycles. The molecule has 2 unspecified atom stereocenters. The summed E-state index contributed by atoms with van der Waals surface area (Å²) >= 11 is 6.03. The Balaban J connectivity index is 1.50. The van der Waals surface area contributed by atoms with Gasteiger partial charge in [0.1, 0.15) is 6.33 Å². The van der Waals surface area contributed by atoms with Gasteiger partial charge in [-0.15, -0.1) is 5.10 Å². The van der Waals surface area contributed by atoms with Crippen LogP contribution in [0.4, 0.5) is 5.69 Å². The molecule has 4 fully saturated rings. The minimum atomic E-state index is -0.564. The van der Waals surface area contributed by atoms with E-state index in [9.17, 15) is 9.59 Å². The summed E-state index contributed by atoms with van der Waals surface area (Å²) in [5.74, 6) is 1.01. The van der Waals surface area contributed by atoms with Gasteiger partial charge in [-0.2, -0.15) is 0 Å². The number of rotatable bonds is 6. The van der Waals surface area contributed by atoms with Gasteiger partial charge in [-0.3, -0.25) is 4.79 Å². The summed E-state index contributed by atoms with van der Waals surface area (Å²) in [7, 11) is 4.30. The number of nitrogens with zero attached hydrogens (tertiary/aromatic N) is 3. The fourth-order valence-electron chi connectivity index (χ4n) is 6.74. The van der Waals surface area contributed by atoms with Crippen LogP contribution in [-0.2, 0) is 15.1 Å². The molecule has 1 amide bonds. The second-order valence-electron chi connectivity index (χ2n) is 9.62. The first-order valence-corrected chi connectivity index (χ1v) is 11.4. The van der Waals surface area contributed by atoms with Crippen LogP contribution in [-0.4, -0.2) is 48.0 Å². The lowest BCUT2D eigenvalue weighted by Crippen LogP contribution is -2.60. The van der Waals surface area contributed by atoms with E-state index in [0.29, 0.717) is 35.4 Å². The van der Waals surface area contributed by atoms with Gasteiger partial charge in [-0.25, -0.2) is 14.5 Å². The fraction of sp³-hybridized carbons (Fsp3) is 0.565. The lowest BCUT2D eigenvalue weighted by Gasteiger charge is -2.60. The summed E-state index contributed by atoms with van der Waals surface area (Å²) < 4.78 is 17.5. The van der Waals surface area contributed by atoms with Gasteiger partial charge in [-0.1, -0.05) is 0 Å². The Morgan fingerprint density at radius 3 is 2.33 bits per heavy atom. The molecule has 0 aliphatic heterocycles. The Kier molecular flexibility index (Phi) is 5.27. The SMILES string of the molecule is COC(=O)c1cc(OC)c(OC)cc1NC(=O)C12CC3CC(C1)CC(n1cnc(Cl)n1)(C3)C2. The molecule has 2 atom stereocenters. The number of benzene rings is 1. The number of methoxy groups -OCH3 is 3. The van der Waals surface area contributed by atoms with Crippen molar-refractivity contribution in [1.29, 1.82) is 0 Å². The third-order valence-electron chi connectivity index (χ3n) is 7.64. The molecular formula is C23H27ClN4O5. The van der Waals surface area contributed by atoms with E-state index in [4.69, 9.17) is 25.8 Å². The molecule has 9 nitrogen and oxygen atoms in total. The number of carbonyl (C=O) groups excluding carboxylic acids is 2. The van der Waals surface area contributed by atoms with Crippen molar-refractivity contribution in [2.75, 3.05) is 26.6 Å². The summed E-state index contributed by atoms with van der Waals surface area (Å²) in [5, 5.41) is 7.67. The molecule has 176 valence electrons.